The Kier molecular flexibility index (Phi) is 8.15. The highest BCUT2D eigenvalue weighted by atomic mass is 16.5. The van der Waals surface area contributed by atoms with Crippen molar-refractivity contribution in [1.29, 1.82) is 0 Å². The molecule has 10 heteroatoms. The molecule has 5 rings (SSSR count). The van der Waals surface area contributed by atoms with E-state index in [0.29, 0.717) is 24.0 Å². The molecule has 210 valence electrons. The molecule has 0 saturated heterocycles. The predicted octanol–water partition coefficient (Wildman–Crippen LogP) is 0.0657. The van der Waals surface area contributed by atoms with Gasteiger partial charge in [-0.25, -0.2) is 0 Å². The summed E-state index contributed by atoms with van der Waals surface area (Å²) in [6.07, 6.45) is -9.30. The molecule has 2 unspecified atom stereocenters. The van der Waals surface area contributed by atoms with Gasteiger partial charge in [-0.1, -0.05) is 66.7 Å². The summed E-state index contributed by atoms with van der Waals surface area (Å²) in [6.45, 7) is 0. The molecule has 0 fully saturated rings. The number of hydrogen-bond acceptors (Lipinski definition) is 8. The monoisotopic (exact) mass is 548 g/mol. The van der Waals surface area contributed by atoms with Gasteiger partial charge < -0.3 is 40.9 Å². The number of fused-ring (bicyclic) bond motifs is 2. The van der Waals surface area contributed by atoms with E-state index in [2.05, 4.69) is 10.6 Å². The fourth-order valence-electron chi connectivity index (χ4n) is 5.41. The van der Waals surface area contributed by atoms with Gasteiger partial charge in [-0.2, -0.15) is 0 Å². The van der Waals surface area contributed by atoms with E-state index in [4.69, 9.17) is 4.74 Å². The van der Waals surface area contributed by atoms with Crippen molar-refractivity contribution in [3.63, 3.8) is 0 Å². The van der Waals surface area contributed by atoms with Crippen LogP contribution in [0, 0.1) is 0 Å². The van der Waals surface area contributed by atoms with E-state index in [-0.39, 0.29) is 5.75 Å². The van der Waals surface area contributed by atoms with Gasteiger partial charge in [0, 0.05) is 12.8 Å². The second-order valence-corrected chi connectivity index (χ2v) is 10.2. The lowest BCUT2D eigenvalue weighted by Crippen LogP contribution is -2.57. The van der Waals surface area contributed by atoms with Crippen LogP contribution in [0.5, 0.6) is 5.75 Å². The first-order chi connectivity index (χ1) is 19.2. The number of benzene rings is 3. The number of carbonyl (C=O) groups is 2. The number of aliphatic hydroxyl groups is 5. The third kappa shape index (κ3) is 5.58. The number of rotatable bonds is 9. The molecule has 0 saturated carbocycles. The van der Waals surface area contributed by atoms with Gasteiger partial charge in [0.05, 0.1) is 24.3 Å². The average Bonchev–Trinajstić information content (AvgIpc) is 3.45. The van der Waals surface area contributed by atoms with E-state index >= 15 is 0 Å². The van der Waals surface area contributed by atoms with Crippen LogP contribution >= 0.6 is 0 Å². The lowest BCUT2D eigenvalue weighted by atomic mass is 9.99. The number of hydrogen-bond donors (Lipinski definition) is 7. The van der Waals surface area contributed by atoms with Gasteiger partial charge in [-0.3, -0.25) is 9.59 Å². The van der Waals surface area contributed by atoms with Crippen molar-refractivity contribution in [3.05, 3.63) is 101 Å². The summed E-state index contributed by atoms with van der Waals surface area (Å²) in [5, 5.41) is 58.8. The number of nitrogens with one attached hydrogen (secondary N) is 2. The second-order valence-electron chi connectivity index (χ2n) is 10.2. The minimum absolute atomic E-state index is 0.200. The first kappa shape index (κ1) is 27.8. The molecule has 3 aromatic rings. The highest BCUT2D eigenvalue weighted by Crippen LogP contribution is 2.33. The minimum atomic E-state index is -2.15. The molecule has 0 spiro atoms. The number of carbonyl (C=O) groups excluding carboxylic acids is 2. The molecule has 3 aromatic carbocycles. The molecule has 0 aliphatic heterocycles. The topological polar surface area (TPSA) is 169 Å². The number of amides is 2. The maximum absolute atomic E-state index is 13.4. The molecular weight excluding hydrogens is 516 g/mol. The molecule has 10 nitrogen and oxygen atoms in total. The summed E-state index contributed by atoms with van der Waals surface area (Å²) < 4.78 is 5.73. The predicted molar refractivity (Wildman–Crippen MR) is 143 cm³/mol. The Morgan fingerprint density at radius 2 is 1.15 bits per heavy atom. The summed E-state index contributed by atoms with van der Waals surface area (Å²) in [5.41, 5.74) is 3.11. The van der Waals surface area contributed by atoms with E-state index in [9.17, 15) is 35.1 Å². The Balaban J connectivity index is 1.32. The van der Waals surface area contributed by atoms with Gasteiger partial charge in [-0.05, 0) is 34.4 Å². The summed E-state index contributed by atoms with van der Waals surface area (Å²) in [6, 6.07) is 20.9. The Labute approximate surface area is 230 Å². The summed E-state index contributed by atoms with van der Waals surface area (Å²) in [4.78, 5) is 26.3. The SMILES string of the molecule is O=C(NC1c2ccccc2C[C@@H]1O)[C@H](O)[C@H](O)[C@@H](O)[C@@H](Oc1ccccc1)C(=O)NC1c2ccccc2C[C@@H]1O. The first-order valence-electron chi connectivity index (χ1n) is 13.1. The molecule has 40 heavy (non-hydrogen) atoms. The van der Waals surface area contributed by atoms with Crippen molar-refractivity contribution < 1.29 is 39.9 Å². The summed E-state index contributed by atoms with van der Waals surface area (Å²) in [5.74, 6) is -1.69. The average molecular weight is 549 g/mol. The van der Waals surface area contributed by atoms with E-state index in [1.165, 1.54) is 0 Å². The van der Waals surface area contributed by atoms with Crippen LogP contribution in [0.3, 0.4) is 0 Å². The minimum Gasteiger partial charge on any atom is -0.478 e. The van der Waals surface area contributed by atoms with Gasteiger partial charge in [0.2, 0.25) is 6.10 Å². The lowest BCUT2D eigenvalue weighted by Gasteiger charge is -2.30. The highest BCUT2D eigenvalue weighted by molar-refractivity contribution is 5.84. The van der Waals surface area contributed by atoms with Crippen LogP contribution < -0.4 is 15.4 Å². The normalized spacial score (nSPS) is 24.2. The Bertz CT molecular complexity index is 1350. The molecule has 0 radical (unpaired) electrons. The number of ether oxygens (including phenoxy) is 1. The fraction of sp³-hybridized carbons (Fsp3) is 0.333. The van der Waals surface area contributed by atoms with Crippen LogP contribution in [0.4, 0.5) is 0 Å². The van der Waals surface area contributed by atoms with Crippen molar-refractivity contribution in [2.24, 2.45) is 0 Å². The quantitative estimate of drug-likeness (QED) is 0.197. The van der Waals surface area contributed by atoms with Crippen LogP contribution in [0.2, 0.25) is 0 Å². The largest absolute Gasteiger partial charge is 0.478 e. The van der Waals surface area contributed by atoms with Gasteiger partial charge >= 0.3 is 0 Å². The molecule has 2 aliphatic rings. The Morgan fingerprint density at radius 1 is 0.675 bits per heavy atom. The van der Waals surface area contributed by atoms with Crippen LogP contribution in [0.25, 0.3) is 0 Å². The molecule has 0 bridgehead atoms. The third-order valence-electron chi connectivity index (χ3n) is 7.52. The van der Waals surface area contributed by atoms with Crippen LogP contribution in [-0.4, -0.2) is 74.0 Å². The van der Waals surface area contributed by atoms with Crippen LogP contribution in [0.1, 0.15) is 34.3 Å². The maximum Gasteiger partial charge on any atom is 0.264 e. The molecular formula is C30H32N2O8. The van der Waals surface area contributed by atoms with Gasteiger partial charge in [0.1, 0.15) is 18.0 Å². The molecule has 2 aliphatic carbocycles. The smallest absolute Gasteiger partial charge is 0.264 e. The zero-order valence-electron chi connectivity index (χ0n) is 21.5. The molecule has 0 heterocycles. The van der Waals surface area contributed by atoms with E-state index in [0.717, 1.165) is 11.1 Å². The molecule has 2 amide bonds. The number of aliphatic hydroxyl groups excluding tert-OH is 5. The van der Waals surface area contributed by atoms with Crippen molar-refractivity contribution in [2.75, 3.05) is 0 Å². The standard InChI is InChI=1S/C30H32N2O8/c33-21-14-16-8-4-6-12-19(16)23(21)31-29(38)27(37)25(35)26(36)28(40-18-10-2-1-3-11-18)30(39)32-24-20-13-7-5-9-17(20)15-22(24)34/h1-13,21-28,33-37H,14-15H2,(H,31,38)(H,32,39)/t21-,22-,23?,24?,25+,26+,27+,28+/m0/s1. The fourth-order valence-corrected chi connectivity index (χ4v) is 5.41. The zero-order chi connectivity index (χ0) is 28.4. The Hall–Kier alpha value is -3.80. The maximum atomic E-state index is 13.4. The third-order valence-corrected chi connectivity index (χ3v) is 7.52. The van der Waals surface area contributed by atoms with Crippen molar-refractivity contribution >= 4 is 11.8 Å². The molecule has 0 aromatic heterocycles. The van der Waals surface area contributed by atoms with Gasteiger partial charge in [0.25, 0.3) is 11.8 Å². The van der Waals surface area contributed by atoms with Crippen molar-refractivity contribution in [3.8, 4) is 5.75 Å². The van der Waals surface area contributed by atoms with E-state index in [1.807, 2.05) is 24.3 Å². The molecule has 7 N–H and O–H groups in total. The van der Waals surface area contributed by atoms with Crippen LogP contribution in [-0.2, 0) is 22.4 Å². The zero-order valence-corrected chi connectivity index (χ0v) is 21.5. The van der Waals surface area contributed by atoms with Crippen molar-refractivity contribution in [2.45, 2.75) is 61.5 Å². The van der Waals surface area contributed by atoms with Crippen molar-refractivity contribution in [1.82, 2.24) is 10.6 Å². The molecule has 8 atom stereocenters. The second kappa shape index (κ2) is 11.7. The first-order valence-corrected chi connectivity index (χ1v) is 13.1. The van der Waals surface area contributed by atoms with Gasteiger partial charge in [0.15, 0.2) is 6.10 Å². The number of para-hydroxylation sites is 1. The van der Waals surface area contributed by atoms with E-state index in [1.54, 1.807) is 54.6 Å². The summed E-state index contributed by atoms with van der Waals surface area (Å²) >= 11 is 0. The van der Waals surface area contributed by atoms with Gasteiger partial charge in [-0.15, -0.1) is 0 Å². The summed E-state index contributed by atoms with van der Waals surface area (Å²) in [7, 11) is 0. The Morgan fingerprint density at radius 3 is 1.70 bits per heavy atom. The van der Waals surface area contributed by atoms with E-state index < -0.39 is 60.5 Å². The lowest BCUT2D eigenvalue weighted by molar-refractivity contribution is -0.154. The highest BCUT2D eigenvalue weighted by Gasteiger charge is 2.43. The van der Waals surface area contributed by atoms with Crippen LogP contribution in [0.15, 0.2) is 78.9 Å².